The van der Waals surface area contributed by atoms with E-state index in [0.29, 0.717) is 5.13 Å². The topological polar surface area (TPSA) is 128 Å². The van der Waals surface area contributed by atoms with Crippen LogP contribution in [0.5, 0.6) is 0 Å². The number of amides is 1. The molecule has 0 spiro atoms. The highest BCUT2D eigenvalue weighted by Gasteiger charge is 2.20. The maximum Gasteiger partial charge on any atom is 0.277 e. The molecular formula is C16H12N4O5S. The molecule has 10 heteroatoms. The van der Waals surface area contributed by atoms with E-state index in [1.54, 1.807) is 0 Å². The number of anilines is 1. The van der Waals surface area contributed by atoms with Gasteiger partial charge in [-0.2, -0.15) is 0 Å². The molecule has 9 nitrogen and oxygen atoms in total. The summed E-state index contributed by atoms with van der Waals surface area (Å²) < 4.78 is 0.893. The van der Waals surface area contributed by atoms with Crippen molar-refractivity contribution in [2.75, 3.05) is 5.32 Å². The number of rotatable bonds is 5. The van der Waals surface area contributed by atoms with E-state index < -0.39 is 27.1 Å². The Bertz CT molecular complexity index is 1010. The summed E-state index contributed by atoms with van der Waals surface area (Å²) >= 11 is 1.26. The van der Waals surface area contributed by atoms with E-state index in [2.05, 4.69) is 10.3 Å². The summed E-state index contributed by atoms with van der Waals surface area (Å²) in [7, 11) is 0. The second-order valence-corrected chi connectivity index (χ2v) is 6.37. The Labute approximate surface area is 150 Å². The molecule has 0 unspecified atom stereocenters. The van der Waals surface area contributed by atoms with Gasteiger partial charge < -0.3 is 0 Å². The lowest BCUT2D eigenvalue weighted by molar-refractivity contribution is -0.394. The van der Waals surface area contributed by atoms with E-state index in [1.165, 1.54) is 11.3 Å². The molecule has 0 saturated heterocycles. The number of benzene rings is 2. The predicted molar refractivity (Wildman–Crippen MR) is 96.7 cm³/mol. The lowest BCUT2D eigenvalue weighted by atomic mass is 10.1. The Balaban J connectivity index is 1.95. The van der Waals surface area contributed by atoms with Crippen molar-refractivity contribution in [3.05, 3.63) is 67.8 Å². The fourth-order valence-electron chi connectivity index (χ4n) is 2.45. The molecule has 0 atom stereocenters. The maximum atomic E-state index is 12.4. The van der Waals surface area contributed by atoms with Gasteiger partial charge in [0.25, 0.3) is 17.3 Å². The van der Waals surface area contributed by atoms with Crippen LogP contribution in [-0.2, 0) is 6.42 Å². The number of nitrogens with zero attached hydrogens (tertiary/aromatic N) is 3. The number of hydrogen-bond donors (Lipinski definition) is 1. The summed E-state index contributed by atoms with van der Waals surface area (Å²) in [5.41, 5.74) is 0.579. The van der Waals surface area contributed by atoms with Gasteiger partial charge in [0, 0.05) is 12.1 Å². The molecule has 3 rings (SSSR count). The second-order valence-electron chi connectivity index (χ2n) is 5.34. The van der Waals surface area contributed by atoms with Gasteiger partial charge in [0.05, 0.1) is 31.7 Å². The van der Waals surface area contributed by atoms with Crippen LogP contribution in [0.2, 0.25) is 0 Å². The Morgan fingerprint density at radius 2 is 1.81 bits per heavy atom. The van der Waals surface area contributed by atoms with E-state index in [1.807, 2.05) is 25.1 Å². The van der Waals surface area contributed by atoms with Gasteiger partial charge in [-0.05, 0) is 18.1 Å². The van der Waals surface area contributed by atoms with Crippen LogP contribution in [0, 0.1) is 20.2 Å². The van der Waals surface area contributed by atoms with Crippen LogP contribution in [0.25, 0.3) is 10.2 Å². The molecule has 1 aromatic heterocycles. The number of nitro groups is 2. The number of non-ortho nitro benzene ring substituents is 2. The zero-order chi connectivity index (χ0) is 18.8. The SMILES string of the molecule is CCc1cccc2sc(NC(=O)c3cc([N+](=O)[O-])cc([N+](=O)[O-])c3)nc12. The van der Waals surface area contributed by atoms with E-state index in [0.717, 1.165) is 40.4 Å². The number of nitrogens with one attached hydrogen (secondary N) is 1. The number of aromatic nitrogens is 1. The van der Waals surface area contributed by atoms with Crippen molar-refractivity contribution in [2.24, 2.45) is 0 Å². The minimum Gasteiger partial charge on any atom is -0.298 e. The molecule has 1 N–H and O–H groups in total. The second kappa shape index (κ2) is 6.84. The smallest absolute Gasteiger partial charge is 0.277 e. The molecule has 26 heavy (non-hydrogen) atoms. The molecule has 0 aliphatic carbocycles. The van der Waals surface area contributed by atoms with Crippen molar-refractivity contribution in [1.29, 1.82) is 0 Å². The van der Waals surface area contributed by atoms with Crippen LogP contribution in [0.1, 0.15) is 22.8 Å². The Hall–Kier alpha value is -3.40. The van der Waals surface area contributed by atoms with Crippen LogP contribution < -0.4 is 5.32 Å². The number of hydrogen-bond acceptors (Lipinski definition) is 7. The number of carbonyl (C=O) groups excluding carboxylic acids is 1. The Morgan fingerprint density at radius 1 is 1.15 bits per heavy atom. The molecule has 0 fully saturated rings. The zero-order valence-electron chi connectivity index (χ0n) is 13.5. The van der Waals surface area contributed by atoms with Crippen molar-refractivity contribution >= 4 is 44.0 Å². The minimum absolute atomic E-state index is 0.180. The third-order valence-electron chi connectivity index (χ3n) is 3.69. The zero-order valence-corrected chi connectivity index (χ0v) is 14.3. The average Bonchev–Trinajstić information content (AvgIpc) is 3.03. The largest absolute Gasteiger partial charge is 0.298 e. The number of nitro benzene ring substituents is 2. The lowest BCUT2D eigenvalue weighted by Crippen LogP contribution is -2.12. The van der Waals surface area contributed by atoms with Crippen molar-refractivity contribution in [2.45, 2.75) is 13.3 Å². The highest BCUT2D eigenvalue weighted by atomic mass is 32.1. The molecule has 1 amide bonds. The molecule has 132 valence electrons. The average molecular weight is 372 g/mol. The van der Waals surface area contributed by atoms with Crippen molar-refractivity contribution in [3.8, 4) is 0 Å². The summed E-state index contributed by atoms with van der Waals surface area (Å²) in [6.07, 6.45) is 0.783. The first kappa shape index (κ1) is 17.4. The maximum absolute atomic E-state index is 12.4. The molecule has 2 aromatic carbocycles. The van der Waals surface area contributed by atoms with Crippen LogP contribution in [0.4, 0.5) is 16.5 Å². The standard InChI is InChI=1S/C16H12N4O5S/c1-2-9-4-3-5-13-14(9)17-16(26-13)18-15(21)10-6-11(19(22)23)8-12(7-10)20(24)25/h3-8H,2H2,1H3,(H,17,18,21). The first-order valence-corrected chi connectivity index (χ1v) is 8.34. The molecule has 0 aliphatic heterocycles. The lowest BCUT2D eigenvalue weighted by Gasteiger charge is -2.02. The van der Waals surface area contributed by atoms with E-state index in [-0.39, 0.29) is 5.56 Å². The Kier molecular flexibility index (Phi) is 4.59. The summed E-state index contributed by atoms with van der Waals surface area (Å²) in [6, 6.07) is 8.51. The molecule has 1 heterocycles. The summed E-state index contributed by atoms with van der Waals surface area (Å²) in [6.45, 7) is 1.99. The van der Waals surface area contributed by atoms with Crippen LogP contribution in [0.3, 0.4) is 0 Å². The van der Waals surface area contributed by atoms with E-state index >= 15 is 0 Å². The van der Waals surface area contributed by atoms with Crippen LogP contribution in [-0.4, -0.2) is 20.7 Å². The van der Waals surface area contributed by atoms with Crippen molar-refractivity contribution in [3.63, 3.8) is 0 Å². The van der Waals surface area contributed by atoms with Crippen molar-refractivity contribution in [1.82, 2.24) is 4.98 Å². The number of fused-ring (bicyclic) bond motifs is 1. The summed E-state index contributed by atoms with van der Waals surface area (Å²) in [5, 5.41) is 24.7. The van der Waals surface area contributed by atoms with Crippen LogP contribution in [0.15, 0.2) is 36.4 Å². The molecular weight excluding hydrogens is 360 g/mol. The fourth-order valence-corrected chi connectivity index (χ4v) is 3.36. The van der Waals surface area contributed by atoms with Gasteiger partial charge in [0.15, 0.2) is 5.13 Å². The molecule has 0 saturated carbocycles. The highest BCUT2D eigenvalue weighted by molar-refractivity contribution is 7.22. The van der Waals surface area contributed by atoms with Gasteiger partial charge in [-0.15, -0.1) is 0 Å². The van der Waals surface area contributed by atoms with Gasteiger partial charge in [0.1, 0.15) is 0 Å². The minimum atomic E-state index is -0.783. The third-order valence-corrected chi connectivity index (χ3v) is 4.63. The first-order chi connectivity index (χ1) is 12.4. The molecule has 0 bridgehead atoms. The number of carbonyl (C=O) groups is 1. The van der Waals surface area contributed by atoms with Gasteiger partial charge in [-0.1, -0.05) is 30.4 Å². The van der Waals surface area contributed by atoms with E-state index in [4.69, 9.17) is 0 Å². The van der Waals surface area contributed by atoms with Crippen LogP contribution >= 0.6 is 11.3 Å². The summed E-state index contributed by atoms with van der Waals surface area (Å²) in [4.78, 5) is 37.1. The summed E-state index contributed by atoms with van der Waals surface area (Å²) in [5.74, 6) is -0.700. The quantitative estimate of drug-likeness (QED) is 0.534. The number of aryl methyl sites for hydroxylation is 1. The van der Waals surface area contributed by atoms with Gasteiger partial charge in [-0.25, -0.2) is 4.98 Å². The molecule has 3 aromatic rings. The molecule has 0 radical (unpaired) electrons. The third kappa shape index (κ3) is 3.35. The fraction of sp³-hybridized carbons (Fsp3) is 0.125. The number of para-hydroxylation sites is 1. The van der Waals surface area contributed by atoms with Crippen molar-refractivity contribution < 1.29 is 14.6 Å². The monoisotopic (exact) mass is 372 g/mol. The number of thiazole rings is 1. The van der Waals surface area contributed by atoms with Gasteiger partial charge in [0.2, 0.25) is 0 Å². The van der Waals surface area contributed by atoms with E-state index in [9.17, 15) is 25.0 Å². The normalized spacial score (nSPS) is 10.7. The van der Waals surface area contributed by atoms with Gasteiger partial charge in [-0.3, -0.25) is 30.3 Å². The highest BCUT2D eigenvalue weighted by Crippen LogP contribution is 2.29. The predicted octanol–water partition coefficient (Wildman–Crippen LogP) is 3.93. The first-order valence-electron chi connectivity index (χ1n) is 7.52. The van der Waals surface area contributed by atoms with Gasteiger partial charge >= 0.3 is 0 Å². The molecule has 0 aliphatic rings. The Morgan fingerprint density at radius 3 is 2.38 bits per heavy atom.